The van der Waals surface area contributed by atoms with Crippen LogP contribution in [0.15, 0.2) is 12.2 Å². The van der Waals surface area contributed by atoms with E-state index in [-0.39, 0.29) is 6.42 Å². The van der Waals surface area contributed by atoms with Crippen molar-refractivity contribution in [1.82, 2.24) is 0 Å². The topological polar surface area (TPSA) is 46.5 Å². The van der Waals surface area contributed by atoms with E-state index in [0.717, 1.165) is 0 Å². The zero-order valence-corrected chi connectivity index (χ0v) is 9.76. The van der Waals surface area contributed by atoms with Gasteiger partial charge in [0.05, 0.1) is 6.61 Å². The summed E-state index contributed by atoms with van der Waals surface area (Å²) < 4.78 is 56.9. The monoisotopic (exact) mass is 270 g/mol. The van der Waals surface area contributed by atoms with Crippen molar-refractivity contribution >= 4 is 5.97 Å². The summed E-state index contributed by atoms with van der Waals surface area (Å²) in [6.45, 7) is 0.857. The molecule has 0 aliphatic heterocycles. The zero-order chi connectivity index (χ0) is 14.0. The highest BCUT2D eigenvalue weighted by molar-refractivity contribution is 5.83. The van der Waals surface area contributed by atoms with E-state index in [0.29, 0.717) is 12.5 Å². The molecule has 1 aliphatic rings. The third kappa shape index (κ3) is 2.23. The van der Waals surface area contributed by atoms with Crippen LogP contribution in [-0.2, 0) is 9.53 Å². The maximum absolute atomic E-state index is 14.2. The molecule has 0 aromatic heterocycles. The van der Waals surface area contributed by atoms with Crippen LogP contribution in [0.2, 0.25) is 0 Å². The first-order chi connectivity index (χ1) is 8.19. The van der Waals surface area contributed by atoms with Gasteiger partial charge < -0.3 is 9.84 Å². The Balaban J connectivity index is 3.24. The quantitative estimate of drug-likeness (QED) is 0.486. The van der Waals surface area contributed by atoms with Gasteiger partial charge in [0.2, 0.25) is 0 Å². The SMILES string of the molecule is CCOC(=O)C(F)(C(F)(F)F)C1(O)C=CCCC1. The number of hydrogen-bond acceptors (Lipinski definition) is 3. The number of carbonyl (C=O) groups is 1. The van der Waals surface area contributed by atoms with Crippen molar-refractivity contribution in [2.45, 2.75) is 43.6 Å². The van der Waals surface area contributed by atoms with Crippen molar-refractivity contribution in [2.75, 3.05) is 6.61 Å². The van der Waals surface area contributed by atoms with Gasteiger partial charge in [0.1, 0.15) is 5.60 Å². The van der Waals surface area contributed by atoms with E-state index in [1.54, 1.807) is 0 Å². The molecular weight excluding hydrogens is 256 g/mol. The van der Waals surface area contributed by atoms with Gasteiger partial charge in [-0.1, -0.05) is 12.2 Å². The summed E-state index contributed by atoms with van der Waals surface area (Å²) in [6, 6.07) is 0. The van der Waals surface area contributed by atoms with Crippen molar-refractivity contribution in [2.24, 2.45) is 0 Å². The summed E-state index contributed by atoms with van der Waals surface area (Å²) in [7, 11) is 0. The first-order valence-electron chi connectivity index (χ1n) is 5.52. The number of carbonyl (C=O) groups excluding carboxylic acids is 1. The Labute approximate surface area is 101 Å². The van der Waals surface area contributed by atoms with Crippen molar-refractivity contribution in [3.05, 3.63) is 12.2 Å². The lowest BCUT2D eigenvalue weighted by molar-refractivity contribution is -0.278. The van der Waals surface area contributed by atoms with Crippen LogP contribution in [-0.4, -0.2) is 35.1 Å². The van der Waals surface area contributed by atoms with E-state index in [1.165, 1.54) is 13.0 Å². The molecule has 104 valence electrons. The first kappa shape index (κ1) is 14.9. The summed E-state index contributed by atoms with van der Waals surface area (Å²) in [5.74, 6) is -2.11. The summed E-state index contributed by atoms with van der Waals surface area (Å²) in [5, 5.41) is 9.84. The second-order valence-corrected chi connectivity index (χ2v) is 4.10. The van der Waals surface area contributed by atoms with Crippen LogP contribution in [0.4, 0.5) is 17.6 Å². The Morgan fingerprint density at radius 1 is 1.44 bits per heavy atom. The van der Waals surface area contributed by atoms with Crippen LogP contribution in [0.3, 0.4) is 0 Å². The third-order valence-electron chi connectivity index (χ3n) is 2.87. The smallest absolute Gasteiger partial charge is 0.436 e. The molecule has 1 aliphatic carbocycles. The Morgan fingerprint density at radius 3 is 2.44 bits per heavy atom. The van der Waals surface area contributed by atoms with Gasteiger partial charge in [-0.2, -0.15) is 13.2 Å². The van der Waals surface area contributed by atoms with Gasteiger partial charge in [0, 0.05) is 0 Å². The molecule has 0 spiro atoms. The van der Waals surface area contributed by atoms with Gasteiger partial charge in [-0.3, -0.25) is 0 Å². The molecular formula is C11H14F4O3. The molecule has 0 aromatic carbocycles. The van der Waals surface area contributed by atoms with Crippen molar-refractivity contribution in [3.63, 3.8) is 0 Å². The minimum Gasteiger partial charge on any atom is -0.463 e. The van der Waals surface area contributed by atoms with Crippen molar-refractivity contribution in [1.29, 1.82) is 0 Å². The molecule has 2 unspecified atom stereocenters. The number of esters is 1. The highest BCUT2D eigenvalue weighted by atomic mass is 19.4. The largest absolute Gasteiger partial charge is 0.463 e. The van der Waals surface area contributed by atoms with E-state index >= 15 is 0 Å². The fraction of sp³-hybridized carbons (Fsp3) is 0.727. The lowest BCUT2D eigenvalue weighted by Gasteiger charge is -2.39. The molecule has 0 radical (unpaired) electrons. The molecule has 1 rings (SSSR count). The van der Waals surface area contributed by atoms with Crippen LogP contribution >= 0.6 is 0 Å². The highest BCUT2D eigenvalue weighted by Crippen LogP contribution is 2.47. The van der Waals surface area contributed by atoms with E-state index < -0.39 is 36.4 Å². The van der Waals surface area contributed by atoms with Gasteiger partial charge in [-0.05, 0) is 26.2 Å². The predicted molar refractivity (Wildman–Crippen MR) is 54.5 cm³/mol. The Morgan fingerprint density at radius 2 is 2.06 bits per heavy atom. The Bertz CT molecular complexity index is 353. The molecule has 0 bridgehead atoms. The molecule has 0 saturated carbocycles. The van der Waals surface area contributed by atoms with Crippen LogP contribution in [0, 0.1) is 0 Å². The maximum atomic E-state index is 14.2. The molecule has 3 nitrogen and oxygen atoms in total. The zero-order valence-electron chi connectivity index (χ0n) is 9.76. The van der Waals surface area contributed by atoms with Crippen LogP contribution in [0.5, 0.6) is 0 Å². The van der Waals surface area contributed by atoms with Gasteiger partial charge in [0.15, 0.2) is 0 Å². The predicted octanol–water partition coefficient (Wildman–Crippen LogP) is 2.29. The van der Waals surface area contributed by atoms with E-state index in [2.05, 4.69) is 4.74 Å². The molecule has 1 N–H and O–H groups in total. The first-order valence-corrected chi connectivity index (χ1v) is 5.52. The van der Waals surface area contributed by atoms with Gasteiger partial charge in [-0.15, -0.1) is 0 Å². The number of rotatable bonds is 3. The maximum Gasteiger partial charge on any atom is 0.436 e. The van der Waals surface area contributed by atoms with Gasteiger partial charge in [-0.25, -0.2) is 9.18 Å². The van der Waals surface area contributed by atoms with E-state index in [9.17, 15) is 27.5 Å². The van der Waals surface area contributed by atoms with Crippen LogP contribution in [0.25, 0.3) is 0 Å². The molecule has 18 heavy (non-hydrogen) atoms. The fourth-order valence-electron chi connectivity index (χ4n) is 1.91. The third-order valence-corrected chi connectivity index (χ3v) is 2.87. The van der Waals surface area contributed by atoms with E-state index in [1.807, 2.05) is 0 Å². The summed E-state index contributed by atoms with van der Waals surface area (Å²) in [6.07, 6.45) is -3.52. The normalized spacial score (nSPS) is 27.7. The lowest BCUT2D eigenvalue weighted by atomic mass is 9.77. The molecule has 0 heterocycles. The average Bonchev–Trinajstić information content (AvgIpc) is 2.27. The summed E-state index contributed by atoms with van der Waals surface area (Å²) >= 11 is 0. The van der Waals surface area contributed by atoms with Crippen LogP contribution < -0.4 is 0 Å². The molecule has 2 atom stereocenters. The van der Waals surface area contributed by atoms with Gasteiger partial charge in [0.25, 0.3) is 0 Å². The van der Waals surface area contributed by atoms with E-state index in [4.69, 9.17) is 0 Å². The van der Waals surface area contributed by atoms with Gasteiger partial charge >= 0.3 is 17.8 Å². The standard InChI is InChI=1S/C11H14F4O3/c1-2-18-8(16)10(12,11(13,14)15)9(17)6-4-3-5-7-9/h4,6,17H,2-3,5,7H2,1H3. The van der Waals surface area contributed by atoms with Crippen molar-refractivity contribution < 1.29 is 32.2 Å². The lowest BCUT2D eigenvalue weighted by Crippen LogP contribution is -2.64. The number of halogens is 4. The number of hydrogen-bond donors (Lipinski definition) is 1. The van der Waals surface area contributed by atoms with Crippen LogP contribution in [0.1, 0.15) is 26.2 Å². The van der Waals surface area contributed by atoms with Crippen molar-refractivity contribution in [3.8, 4) is 0 Å². The number of ether oxygens (including phenoxy) is 1. The summed E-state index contributed by atoms with van der Waals surface area (Å²) in [5.41, 5.74) is -7.34. The molecule has 0 fully saturated rings. The Kier molecular flexibility index (Phi) is 4.05. The second-order valence-electron chi connectivity index (χ2n) is 4.10. The average molecular weight is 270 g/mol. The molecule has 7 heteroatoms. The molecule has 0 amide bonds. The molecule has 0 saturated heterocycles. The number of alkyl halides is 4. The minimum atomic E-state index is -5.55. The highest BCUT2D eigenvalue weighted by Gasteiger charge is 2.73. The minimum absolute atomic E-state index is 0.161. The number of allylic oxidation sites excluding steroid dienone is 1. The second kappa shape index (κ2) is 4.87. The number of aliphatic hydroxyl groups is 1. The fourth-order valence-corrected chi connectivity index (χ4v) is 1.91. The summed E-state index contributed by atoms with van der Waals surface area (Å²) in [4.78, 5) is 11.3. The Hall–Kier alpha value is -1.11. The molecule has 0 aromatic rings.